The minimum Gasteiger partial charge on any atom is -0.468 e. The van der Waals surface area contributed by atoms with Crippen molar-refractivity contribution in [1.29, 1.82) is 0 Å². The van der Waals surface area contributed by atoms with E-state index in [1.807, 2.05) is 4.90 Å². The van der Waals surface area contributed by atoms with Gasteiger partial charge < -0.3 is 24.2 Å². The third-order valence-electron chi connectivity index (χ3n) is 6.49. The Hall–Kier alpha value is -1.42. The number of esters is 1. The molecule has 0 spiro atoms. The van der Waals surface area contributed by atoms with Gasteiger partial charge in [0.15, 0.2) is 6.23 Å². The molecular formula is C20H37N5O4. The van der Waals surface area contributed by atoms with Gasteiger partial charge in [0.25, 0.3) is 0 Å². The fraction of sp³-hybridized carbons (Fsp3) is 0.900. The lowest BCUT2D eigenvalue weighted by molar-refractivity contribution is -0.142. The molecule has 0 N–H and O–H groups in total. The Kier molecular flexibility index (Phi) is 8.11. The molecule has 0 aromatic rings. The van der Waals surface area contributed by atoms with E-state index < -0.39 is 0 Å². The Morgan fingerprint density at radius 1 is 1.00 bits per heavy atom. The smallest absolute Gasteiger partial charge is 0.411 e. The quantitative estimate of drug-likeness (QED) is 0.516. The number of methoxy groups -OCH3 is 1. The van der Waals surface area contributed by atoms with E-state index in [-0.39, 0.29) is 24.3 Å². The summed E-state index contributed by atoms with van der Waals surface area (Å²) in [5, 5.41) is 0. The summed E-state index contributed by atoms with van der Waals surface area (Å²) < 4.78 is 10.5. The van der Waals surface area contributed by atoms with Crippen LogP contribution in [0.15, 0.2) is 0 Å². The maximum absolute atomic E-state index is 12.4. The second-order valence-corrected chi connectivity index (χ2v) is 8.23. The van der Waals surface area contributed by atoms with Crippen molar-refractivity contribution >= 4 is 12.1 Å². The Morgan fingerprint density at radius 2 is 1.62 bits per heavy atom. The van der Waals surface area contributed by atoms with Gasteiger partial charge in [-0.15, -0.1) is 0 Å². The molecule has 9 nitrogen and oxygen atoms in total. The zero-order valence-electron chi connectivity index (χ0n) is 18.2. The lowest BCUT2D eigenvalue weighted by Gasteiger charge is -2.37. The fourth-order valence-electron chi connectivity index (χ4n) is 4.48. The molecule has 3 fully saturated rings. The molecule has 0 aromatic carbocycles. The van der Waals surface area contributed by atoms with Crippen LogP contribution in [-0.4, -0.2) is 134 Å². The standard InChI is InChI=1S/C20H37N5O4/c1-4-21-8-10-22(11-9-21)6-5-7-25-17(2)19(29-20(25)27)24-14-12-23(13-15-24)16-18(26)28-3/h17,19H,4-16H2,1-3H3. The first kappa shape index (κ1) is 22.3. The molecule has 3 saturated heterocycles. The molecule has 0 radical (unpaired) electrons. The van der Waals surface area contributed by atoms with Crippen molar-refractivity contribution < 1.29 is 19.1 Å². The van der Waals surface area contributed by atoms with E-state index in [9.17, 15) is 9.59 Å². The van der Waals surface area contributed by atoms with Crippen LogP contribution in [-0.2, 0) is 14.3 Å². The van der Waals surface area contributed by atoms with E-state index in [1.54, 1.807) is 0 Å². The second kappa shape index (κ2) is 10.6. The number of hydrogen-bond acceptors (Lipinski definition) is 8. The molecule has 29 heavy (non-hydrogen) atoms. The van der Waals surface area contributed by atoms with E-state index in [4.69, 9.17) is 9.47 Å². The summed E-state index contributed by atoms with van der Waals surface area (Å²) in [6.45, 7) is 15.2. The molecule has 2 unspecified atom stereocenters. The van der Waals surface area contributed by atoms with Gasteiger partial charge in [0, 0.05) is 58.9 Å². The summed E-state index contributed by atoms with van der Waals surface area (Å²) in [6, 6.07) is 0.0478. The van der Waals surface area contributed by atoms with Gasteiger partial charge in [0.1, 0.15) is 0 Å². The highest BCUT2D eigenvalue weighted by Gasteiger charge is 2.42. The first-order valence-electron chi connectivity index (χ1n) is 11.0. The van der Waals surface area contributed by atoms with E-state index in [2.05, 4.69) is 33.4 Å². The molecule has 0 bridgehead atoms. The zero-order valence-corrected chi connectivity index (χ0v) is 18.2. The molecule has 0 saturated carbocycles. The van der Waals surface area contributed by atoms with Gasteiger partial charge >= 0.3 is 12.1 Å². The largest absolute Gasteiger partial charge is 0.468 e. The second-order valence-electron chi connectivity index (χ2n) is 8.23. The number of nitrogens with zero attached hydrogens (tertiary/aromatic N) is 5. The molecule has 166 valence electrons. The Balaban J connectivity index is 1.39. The lowest BCUT2D eigenvalue weighted by atomic mass is 10.2. The van der Waals surface area contributed by atoms with Crippen molar-refractivity contribution in [1.82, 2.24) is 24.5 Å². The predicted molar refractivity (Wildman–Crippen MR) is 110 cm³/mol. The molecule has 3 rings (SSSR count). The fourth-order valence-corrected chi connectivity index (χ4v) is 4.48. The molecular weight excluding hydrogens is 374 g/mol. The van der Waals surface area contributed by atoms with Crippen molar-refractivity contribution in [2.45, 2.75) is 32.5 Å². The van der Waals surface area contributed by atoms with E-state index in [0.717, 1.165) is 78.4 Å². The molecule has 3 aliphatic heterocycles. The SMILES string of the molecule is CCN1CCN(CCCN2C(=O)OC(N3CCN(CC(=O)OC)CC3)C2C)CC1. The van der Waals surface area contributed by atoms with Crippen molar-refractivity contribution in [3.8, 4) is 0 Å². The minimum atomic E-state index is -0.207. The van der Waals surface area contributed by atoms with Gasteiger partial charge in [-0.1, -0.05) is 6.92 Å². The number of cyclic esters (lactones) is 1. The topological polar surface area (TPSA) is 68.8 Å². The van der Waals surface area contributed by atoms with Gasteiger partial charge in [-0.25, -0.2) is 4.79 Å². The Labute approximate surface area is 174 Å². The summed E-state index contributed by atoms with van der Waals surface area (Å²) >= 11 is 0. The van der Waals surface area contributed by atoms with Crippen molar-refractivity contribution in [3.05, 3.63) is 0 Å². The first-order chi connectivity index (χ1) is 14.0. The first-order valence-corrected chi connectivity index (χ1v) is 11.0. The summed E-state index contributed by atoms with van der Waals surface area (Å²) in [5.41, 5.74) is 0. The number of carbonyl (C=O) groups excluding carboxylic acids is 2. The molecule has 0 aliphatic carbocycles. The molecule has 3 aliphatic rings. The van der Waals surface area contributed by atoms with Crippen LogP contribution in [0.25, 0.3) is 0 Å². The van der Waals surface area contributed by atoms with Gasteiger partial charge in [0.2, 0.25) is 0 Å². The van der Waals surface area contributed by atoms with Crippen LogP contribution in [0.2, 0.25) is 0 Å². The predicted octanol–water partition coefficient (Wildman–Crippen LogP) is -0.0286. The summed E-state index contributed by atoms with van der Waals surface area (Å²) in [7, 11) is 1.41. The average molecular weight is 412 g/mol. The number of hydrogen-bond donors (Lipinski definition) is 0. The summed E-state index contributed by atoms with van der Waals surface area (Å²) in [6.07, 6.45) is 0.580. The molecule has 0 aromatic heterocycles. The number of rotatable bonds is 8. The number of likely N-dealkylation sites (N-methyl/N-ethyl adjacent to an activating group) is 1. The Morgan fingerprint density at radius 3 is 2.24 bits per heavy atom. The highest BCUT2D eigenvalue weighted by molar-refractivity contribution is 5.71. The number of amides is 1. The van der Waals surface area contributed by atoms with Crippen molar-refractivity contribution in [2.75, 3.05) is 85.6 Å². The van der Waals surface area contributed by atoms with Gasteiger partial charge in [0.05, 0.1) is 19.7 Å². The maximum atomic E-state index is 12.4. The van der Waals surface area contributed by atoms with Crippen molar-refractivity contribution in [2.24, 2.45) is 0 Å². The summed E-state index contributed by atoms with van der Waals surface area (Å²) in [4.78, 5) is 35.0. The third-order valence-corrected chi connectivity index (χ3v) is 6.49. The van der Waals surface area contributed by atoms with Crippen LogP contribution in [0.5, 0.6) is 0 Å². The highest BCUT2D eigenvalue weighted by Crippen LogP contribution is 2.23. The monoisotopic (exact) mass is 411 g/mol. The zero-order chi connectivity index (χ0) is 20.8. The normalized spacial score (nSPS) is 28.0. The molecule has 3 heterocycles. The van der Waals surface area contributed by atoms with Gasteiger partial charge in [-0.05, 0) is 26.4 Å². The van der Waals surface area contributed by atoms with Gasteiger partial charge in [-0.2, -0.15) is 0 Å². The molecule has 1 amide bonds. The van der Waals surface area contributed by atoms with Crippen LogP contribution < -0.4 is 0 Å². The highest BCUT2D eigenvalue weighted by atomic mass is 16.6. The van der Waals surface area contributed by atoms with Gasteiger partial charge in [-0.3, -0.25) is 14.6 Å². The third kappa shape index (κ3) is 5.81. The molecule has 9 heteroatoms. The van der Waals surface area contributed by atoms with Crippen molar-refractivity contribution in [3.63, 3.8) is 0 Å². The van der Waals surface area contributed by atoms with E-state index in [0.29, 0.717) is 6.54 Å². The van der Waals surface area contributed by atoms with Crippen LogP contribution in [0.4, 0.5) is 4.79 Å². The van der Waals surface area contributed by atoms with E-state index in [1.165, 1.54) is 7.11 Å². The number of piperazine rings is 2. The maximum Gasteiger partial charge on any atom is 0.411 e. The van der Waals surface area contributed by atoms with Crippen LogP contribution in [0, 0.1) is 0 Å². The minimum absolute atomic E-state index is 0.0478. The van der Waals surface area contributed by atoms with E-state index >= 15 is 0 Å². The number of ether oxygens (including phenoxy) is 2. The summed E-state index contributed by atoms with van der Waals surface area (Å²) in [5.74, 6) is -0.207. The van der Waals surface area contributed by atoms with Crippen LogP contribution in [0.3, 0.4) is 0 Å². The molecule has 2 atom stereocenters. The lowest BCUT2D eigenvalue weighted by Crippen LogP contribution is -2.54. The van der Waals surface area contributed by atoms with Crippen LogP contribution in [0.1, 0.15) is 20.3 Å². The average Bonchev–Trinajstić information content (AvgIpc) is 3.03. The van der Waals surface area contributed by atoms with Crippen LogP contribution >= 0.6 is 0 Å². The number of carbonyl (C=O) groups is 2. The Bertz CT molecular complexity index is 547.